The van der Waals surface area contributed by atoms with E-state index >= 15 is 0 Å². The minimum absolute atomic E-state index is 0.316. The largest absolute Gasteiger partial charge is 0.497 e. The number of hydrogen-bond donors (Lipinski definition) is 2. The van der Waals surface area contributed by atoms with Gasteiger partial charge in [0, 0.05) is 11.1 Å². The van der Waals surface area contributed by atoms with Crippen LogP contribution in [0.4, 0.5) is 0 Å². The zero-order valence-corrected chi connectivity index (χ0v) is 11.9. The lowest BCUT2D eigenvalue weighted by molar-refractivity contribution is 0.415. The van der Waals surface area contributed by atoms with Crippen molar-refractivity contribution in [3.63, 3.8) is 0 Å². The van der Waals surface area contributed by atoms with Gasteiger partial charge in [0.25, 0.3) is 0 Å². The Labute approximate surface area is 118 Å². The molecule has 3 N–H and O–H groups in total. The highest BCUT2D eigenvalue weighted by molar-refractivity contribution is 7.95. The molecule has 0 saturated carbocycles. The second-order valence-electron chi connectivity index (χ2n) is 4.22. The van der Waals surface area contributed by atoms with E-state index in [1.807, 2.05) is 6.07 Å². The summed E-state index contributed by atoms with van der Waals surface area (Å²) in [4.78, 5) is 0.441. The predicted molar refractivity (Wildman–Crippen MR) is 80.7 cm³/mol. The topological polar surface area (TPSA) is 76.2 Å². The third-order valence-corrected chi connectivity index (χ3v) is 4.37. The van der Waals surface area contributed by atoms with Crippen LogP contribution in [0.15, 0.2) is 64.9 Å². The van der Waals surface area contributed by atoms with Crippen molar-refractivity contribution < 1.29 is 8.95 Å². The fourth-order valence-electron chi connectivity index (χ4n) is 1.72. The van der Waals surface area contributed by atoms with Crippen molar-refractivity contribution in [2.75, 3.05) is 7.11 Å². The van der Waals surface area contributed by atoms with E-state index < -0.39 is 9.73 Å². The van der Waals surface area contributed by atoms with Gasteiger partial charge in [-0.05, 0) is 42.0 Å². The summed E-state index contributed by atoms with van der Waals surface area (Å²) in [6.45, 7) is 0. The van der Waals surface area contributed by atoms with Crippen molar-refractivity contribution in [2.24, 2.45) is 5.73 Å². The second-order valence-corrected chi connectivity index (χ2v) is 6.12. The van der Waals surface area contributed by atoms with Crippen LogP contribution < -0.4 is 10.5 Å². The molecule has 2 rings (SSSR count). The van der Waals surface area contributed by atoms with Gasteiger partial charge in [0.2, 0.25) is 0 Å². The van der Waals surface area contributed by atoms with E-state index in [4.69, 9.17) is 15.3 Å². The Morgan fingerprint density at radius 2 is 1.75 bits per heavy atom. The monoisotopic (exact) mass is 288 g/mol. The number of hydrogen-bond acceptors (Lipinski definition) is 4. The molecule has 0 aliphatic carbocycles. The summed E-state index contributed by atoms with van der Waals surface area (Å²) in [5.74, 6) is 0.719. The molecule has 104 valence electrons. The molecule has 0 aliphatic rings. The molecular weight excluding hydrogens is 272 g/mol. The number of rotatable bonds is 4. The second kappa shape index (κ2) is 5.79. The minimum atomic E-state index is -3.04. The van der Waals surface area contributed by atoms with Crippen molar-refractivity contribution in [1.82, 2.24) is 0 Å². The summed E-state index contributed by atoms with van der Waals surface area (Å²) in [7, 11) is -1.46. The van der Waals surface area contributed by atoms with Gasteiger partial charge in [-0.3, -0.25) is 0 Å². The molecule has 1 atom stereocenters. The molecule has 0 heterocycles. The molecule has 4 nitrogen and oxygen atoms in total. The third-order valence-electron chi connectivity index (χ3n) is 2.81. The van der Waals surface area contributed by atoms with Crippen LogP contribution >= 0.6 is 0 Å². The van der Waals surface area contributed by atoms with E-state index in [0.717, 1.165) is 5.75 Å². The summed E-state index contributed by atoms with van der Waals surface area (Å²) in [5, 5.41) is 1.30. The Morgan fingerprint density at radius 3 is 2.30 bits per heavy atom. The van der Waals surface area contributed by atoms with Crippen LogP contribution in [-0.2, 0) is 9.73 Å². The van der Waals surface area contributed by atoms with Crippen molar-refractivity contribution in [3.05, 3.63) is 65.6 Å². The molecule has 1 unspecified atom stereocenters. The quantitative estimate of drug-likeness (QED) is 0.907. The Kier molecular flexibility index (Phi) is 4.10. The number of methoxy groups -OCH3 is 1. The van der Waals surface area contributed by atoms with Gasteiger partial charge >= 0.3 is 0 Å². The number of benzene rings is 2. The Balaban J connectivity index is 2.34. The molecular formula is C15H16N2O2S. The SMILES string of the molecule is COc1ccc(C(N)=CS(=N)(=O)c2ccccc2)cc1. The predicted octanol–water partition coefficient (Wildman–Crippen LogP) is 3.06. The van der Waals surface area contributed by atoms with Crippen molar-refractivity contribution in [1.29, 1.82) is 4.78 Å². The number of nitrogens with two attached hydrogens (primary N) is 1. The molecule has 0 bridgehead atoms. The van der Waals surface area contributed by atoms with Crippen LogP contribution in [0.1, 0.15) is 5.56 Å². The fraction of sp³-hybridized carbons (Fsp3) is 0.0667. The van der Waals surface area contributed by atoms with Crippen LogP contribution in [0.5, 0.6) is 5.75 Å². The lowest BCUT2D eigenvalue weighted by Crippen LogP contribution is -2.02. The zero-order valence-electron chi connectivity index (χ0n) is 11.1. The first-order valence-corrected chi connectivity index (χ1v) is 7.60. The van der Waals surface area contributed by atoms with E-state index in [9.17, 15) is 4.21 Å². The Bertz CT molecular complexity index is 705. The Morgan fingerprint density at radius 1 is 1.15 bits per heavy atom. The van der Waals surface area contributed by atoms with Crippen molar-refractivity contribution in [3.8, 4) is 5.75 Å². The van der Waals surface area contributed by atoms with E-state index in [-0.39, 0.29) is 0 Å². The fourth-order valence-corrected chi connectivity index (χ4v) is 2.91. The molecule has 0 fully saturated rings. The lowest BCUT2D eigenvalue weighted by Gasteiger charge is -2.06. The Hall–Kier alpha value is -2.27. The van der Waals surface area contributed by atoms with Gasteiger partial charge < -0.3 is 10.5 Å². The maximum Gasteiger partial charge on any atom is 0.118 e. The van der Waals surface area contributed by atoms with Gasteiger partial charge in [-0.1, -0.05) is 18.2 Å². The molecule has 0 aliphatic heterocycles. The summed E-state index contributed by atoms with van der Waals surface area (Å²) in [5.41, 5.74) is 6.96. The van der Waals surface area contributed by atoms with Crippen LogP contribution in [0.25, 0.3) is 5.70 Å². The molecule has 0 amide bonds. The first kappa shape index (κ1) is 14.1. The van der Waals surface area contributed by atoms with Gasteiger partial charge in [-0.25, -0.2) is 8.99 Å². The normalized spacial score (nSPS) is 14.6. The first-order valence-electron chi connectivity index (χ1n) is 5.98. The molecule has 2 aromatic rings. The molecule has 0 saturated heterocycles. The maximum absolute atomic E-state index is 12.4. The molecule has 5 heteroatoms. The number of nitrogens with one attached hydrogen (secondary N) is 1. The average molecular weight is 288 g/mol. The maximum atomic E-state index is 12.4. The highest BCUT2D eigenvalue weighted by atomic mass is 32.2. The average Bonchev–Trinajstić information content (AvgIpc) is 2.48. The minimum Gasteiger partial charge on any atom is -0.497 e. The van der Waals surface area contributed by atoms with Crippen LogP contribution in [-0.4, -0.2) is 11.3 Å². The summed E-state index contributed by atoms with van der Waals surface area (Å²) in [6, 6.07) is 15.7. The summed E-state index contributed by atoms with van der Waals surface area (Å²) in [6.07, 6.45) is 0. The first-order chi connectivity index (χ1) is 9.53. The standard InChI is InChI=1S/C15H16N2O2S/c1-19-13-9-7-12(8-10-13)15(16)11-20(17,18)14-5-3-2-4-6-14/h2-11,17H,16H2,1H3. The van der Waals surface area contributed by atoms with Crippen molar-refractivity contribution in [2.45, 2.75) is 4.90 Å². The van der Waals surface area contributed by atoms with Gasteiger partial charge in [-0.2, -0.15) is 0 Å². The molecule has 0 radical (unpaired) electrons. The lowest BCUT2D eigenvalue weighted by atomic mass is 10.2. The van der Waals surface area contributed by atoms with E-state index in [0.29, 0.717) is 16.2 Å². The highest BCUT2D eigenvalue weighted by Gasteiger charge is 2.08. The van der Waals surface area contributed by atoms with Crippen LogP contribution in [0.3, 0.4) is 0 Å². The number of ether oxygens (including phenoxy) is 1. The smallest absolute Gasteiger partial charge is 0.118 e. The van der Waals surface area contributed by atoms with E-state index in [1.54, 1.807) is 55.6 Å². The van der Waals surface area contributed by atoms with Crippen LogP contribution in [0, 0.1) is 4.78 Å². The zero-order chi connectivity index (χ0) is 14.6. The van der Waals surface area contributed by atoms with Gasteiger partial charge in [0.05, 0.1) is 21.7 Å². The molecule has 0 aromatic heterocycles. The van der Waals surface area contributed by atoms with Crippen molar-refractivity contribution >= 4 is 15.4 Å². The summed E-state index contributed by atoms with van der Waals surface area (Å²) >= 11 is 0. The molecule has 2 aromatic carbocycles. The molecule has 20 heavy (non-hydrogen) atoms. The van der Waals surface area contributed by atoms with Gasteiger partial charge in [0.1, 0.15) is 5.75 Å². The van der Waals surface area contributed by atoms with Gasteiger partial charge in [0.15, 0.2) is 0 Å². The van der Waals surface area contributed by atoms with E-state index in [1.165, 1.54) is 5.41 Å². The highest BCUT2D eigenvalue weighted by Crippen LogP contribution is 2.19. The summed E-state index contributed by atoms with van der Waals surface area (Å²) < 4.78 is 25.4. The third kappa shape index (κ3) is 3.19. The van der Waals surface area contributed by atoms with Crippen LogP contribution in [0.2, 0.25) is 0 Å². The molecule has 0 spiro atoms. The van der Waals surface area contributed by atoms with E-state index in [2.05, 4.69) is 0 Å². The van der Waals surface area contributed by atoms with Gasteiger partial charge in [-0.15, -0.1) is 0 Å².